The van der Waals surface area contributed by atoms with Crippen molar-refractivity contribution >= 4 is 5.97 Å². The summed E-state index contributed by atoms with van der Waals surface area (Å²) in [6.45, 7) is 3.67. The van der Waals surface area contributed by atoms with Crippen molar-refractivity contribution in [3.8, 4) is 0 Å². The van der Waals surface area contributed by atoms with Crippen molar-refractivity contribution in [2.75, 3.05) is 0 Å². The van der Waals surface area contributed by atoms with Gasteiger partial charge in [-0.3, -0.25) is 4.79 Å². The van der Waals surface area contributed by atoms with E-state index in [2.05, 4.69) is 23.8 Å². The van der Waals surface area contributed by atoms with Crippen molar-refractivity contribution in [3.63, 3.8) is 0 Å². The standard InChI is InChI=1S/C22H38O2/c1-3-4-5-6-7-8-9-10-11-12-13-14-15-16-17-18-19-20-21-24-22(2)23/h16-21H,3-15H2,1-2H3. The highest BCUT2D eigenvalue weighted by Crippen LogP contribution is 2.12. The minimum absolute atomic E-state index is 0.290. The molecule has 0 aliphatic heterocycles. The smallest absolute Gasteiger partial charge is 0.307 e. The van der Waals surface area contributed by atoms with Crippen molar-refractivity contribution in [2.24, 2.45) is 0 Å². The van der Waals surface area contributed by atoms with Crippen molar-refractivity contribution in [3.05, 3.63) is 36.6 Å². The molecule has 0 aromatic heterocycles. The van der Waals surface area contributed by atoms with E-state index >= 15 is 0 Å². The maximum atomic E-state index is 10.5. The van der Waals surface area contributed by atoms with E-state index in [1.165, 1.54) is 90.2 Å². The summed E-state index contributed by atoms with van der Waals surface area (Å²) in [6.07, 6.45) is 29.1. The first-order valence-electron chi connectivity index (χ1n) is 9.93. The molecule has 0 aromatic rings. The lowest BCUT2D eigenvalue weighted by atomic mass is 10.0. The third kappa shape index (κ3) is 20.7. The van der Waals surface area contributed by atoms with E-state index in [1.807, 2.05) is 12.2 Å². The molecule has 24 heavy (non-hydrogen) atoms. The Morgan fingerprint density at radius 3 is 1.75 bits per heavy atom. The molecule has 0 fully saturated rings. The predicted octanol–water partition coefficient (Wildman–Crippen LogP) is 7.27. The molecule has 0 saturated carbocycles. The van der Waals surface area contributed by atoms with Gasteiger partial charge in [-0.25, -0.2) is 0 Å². The Bertz CT molecular complexity index is 353. The summed E-state index contributed by atoms with van der Waals surface area (Å²) in [5.74, 6) is -0.290. The maximum absolute atomic E-state index is 10.5. The lowest BCUT2D eigenvalue weighted by Gasteiger charge is -2.02. The van der Waals surface area contributed by atoms with E-state index in [0.717, 1.165) is 6.42 Å². The van der Waals surface area contributed by atoms with Crippen LogP contribution in [0.2, 0.25) is 0 Å². The van der Waals surface area contributed by atoms with Gasteiger partial charge in [0.05, 0.1) is 6.26 Å². The van der Waals surface area contributed by atoms with Gasteiger partial charge in [0.15, 0.2) is 0 Å². The van der Waals surface area contributed by atoms with Gasteiger partial charge >= 0.3 is 5.97 Å². The Kier molecular flexibility index (Phi) is 18.7. The van der Waals surface area contributed by atoms with Crippen LogP contribution in [0.3, 0.4) is 0 Å². The Labute approximate surface area is 150 Å². The monoisotopic (exact) mass is 334 g/mol. The molecule has 0 radical (unpaired) electrons. The van der Waals surface area contributed by atoms with Gasteiger partial charge in [0.2, 0.25) is 0 Å². The third-order valence-electron chi connectivity index (χ3n) is 4.01. The van der Waals surface area contributed by atoms with E-state index in [0.29, 0.717) is 0 Å². The molecular weight excluding hydrogens is 296 g/mol. The van der Waals surface area contributed by atoms with E-state index < -0.39 is 0 Å². The molecule has 0 saturated heterocycles. The van der Waals surface area contributed by atoms with Crippen molar-refractivity contribution in [1.29, 1.82) is 0 Å². The van der Waals surface area contributed by atoms with Crippen LogP contribution >= 0.6 is 0 Å². The summed E-state index contributed by atoms with van der Waals surface area (Å²) in [5, 5.41) is 0. The molecule has 138 valence electrons. The number of unbranched alkanes of at least 4 members (excludes halogenated alkanes) is 12. The van der Waals surface area contributed by atoms with Gasteiger partial charge in [0.1, 0.15) is 0 Å². The molecule has 2 nitrogen and oxygen atoms in total. The zero-order chi connectivity index (χ0) is 17.7. The summed E-state index contributed by atoms with van der Waals surface area (Å²) < 4.78 is 4.68. The van der Waals surface area contributed by atoms with Gasteiger partial charge in [-0.1, -0.05) is 102 Å². The second-order valence-corrected chi connectivity index (χ2v) is 6.43. The Morgan fingerprint density at radius 1 is 0.708 bits per heavy atom. The minimum atomic E-state index is -0.290. The fourth-order valence-electron chi connectivity index (χ4n) is 2.59. The van der Waals surface area contributed by atoms with Gasteiger partial charge in [0.25, 0.3) is 0 Å². The maximum Gasteiger partial charge on any atom is 0.307 e. The highest BCUT2D eigenvalue weighted by atomic mass is 16.5. The van der Waals surface area contributed by atoms with Crippen molar-refractivity contribution < 1.29 is 9.53 Å². The van der Waals surface area contributed by atoms with Gasteiger partial charge < -0.3 is 4.74 Å². The van der Waals surface area contributed by atoms with Crippen LogP contribution < -0.4 is 0 Å². The molecule has 0 aliphatic carbocycles. The van der Waals surface area contributed by atoms with Crippen LogP contribution in [-0.4, -0.2) is 5.97 Å². The van der Waals surface area contributed by atoms with Gasteiger partial charge in [-0.15, -0.1) is 0 Å². The Hall–Kier alpha value is -1.31. The van der Waals surface area contributed by atoms with E-state index in [9.17, 15) is 4.79 Å². The highest BCUT2D eigenvalue weighted by Gasteiger charge is 1.92. The number of rotatable bonds is 16. The fraction of sp³-hybridized carbons (Fsp3) is 0.682. The molecule has 0 heterocycles. The summed E-state index contributed by atoms with van der Waals surface area (Å²) in [5.41, 5.74) is 0. The summed E-state index contributed by atoms with van der Waals surface area (Å²) in [4.78, 5) is 10.5. The quantitative estimate of drug-likeness (QED) is 0.128. The zero-order valence-electron chi connectivity index (χ0n) is 16.0. The zero-order valence-corrected chi connectivity index (χ0v) is 16.0. The molecule has 0 amide bonds. The Balaban J connectivity index is 3.22. The number of esters is 1. The third-order valence-corrected chi connectivity index (χ3v) is 4.01. The summed E-state index contributed by atoms with van der Waals surface area (Å²) >= 11 is 0. The average molecular weight is 335 g/mol. The van der Waals surface area contributed by atoms with Crippen molar-refractivity contribution in [1.82, 2.24) is 0 Å². The SMILES string of the molecule is CCCCCCCCCCCCCCC=CC=CC=COC(C)=O. The van der Waals surface area contributed by atoms with Crippen molar-refractivity contribution in [2.45, 2.75) is 97.3 Å². The van der Waals surface area contributed by atoms with Gasteiger partial charge in [0, 0.05) is 6.92 Å². The molecule has 0 rings (SSSR count). The van der Waals surface area contributed by atoms with Gasteiger partial charge in [-0.05, 0) is 18.9 Å². The molecular formula is C22H38O2. The van der Waals surface area contributed by atoms with Crippen LogP contribution in [-0.2, 0) is 9.53 Å². The molecule has 0 atom stereocenters. The highest BCUT2D eigenvalue weighted by molar-refractivity contribution is 5.66. The molecule has 2 heteroatoms. The molecule has 0 N–H and O–H groups in total. The van der Waals surface area contributed by atoms with Crippen LogP contribution in [0.15, 0.2) is 36.6 Å². The number of carbonyl (C=O) groups is 1. The summed E-state index contributed by atoms with van der Waals surface area (Å²) in [7, 11) is 0. The lowest BCUT2D eigenvalue weighted by Crippen LogP contribution is -1.88. The Morgan fingerprint density at radius 2 is 1.21 bits per heavy atom. The van der Waals surface area contributed by atoms with Crippen LogP contribution in [0, 0.1) is 0 Å². The normalized spacial score (nSPS) is 11.9. The second kappa shape index (κ2) is 19.7. The predicted molar refractivity (Wildman–Crippen MR) is 105 cm³/mol. The molecule has 0 aliphatic rings. The topological polar surface area (TPSA) is 26.3 Å². The van der Waals surface area contributed by atoms with Crippen LogP contribution in [0.1, 0.15) is 97.3 Å². The van der Waals surface area contributed by atoms with E-state index in [4.69, 9.17) is 0 Å². The summed E-state index contributed by atoms with van der Waals surface area (Å²) in [6, 6.07) is 0. The average Bonchev–Trinajstić information content (AvgIpc) is 2.56. The van der Waals surface area contributed by atoms with E-state index in [1.54, 1.807) is 6.08 Å². The van der Waals surface area contributed by atoms with Crippen LogP contribution in [0.5, 0.6) is 0 Å². The van der Waals surface area contributed by atoms with E-state index in [-0.39, 0.29) is 5.97 Å². The first kappa shape index (κ1) is 22.7. The molecule has 0 spiro atoms. The number of hydrogen-bond acceptors (Lipinski definition) is 2. The molecule has 0 bridgehead atoms. The van der Waals surface area contributed by atoms with Gasteiger partial charge in [-0.2, -0.15) is 0 Å². The largest absolute Gasteiger partial charge is 0.435 e. The van der Waals surface area contributed by atoms with Crippen LogP contribution in [0.25, 0.3) is 0 Å². The molecule has 0 unspecified atom stereocenters. The number of allylic oxidation sites excluding steroid dienone is 5. The minimum Gasteiger partial charge on any atom is -0.435 e. The number of hydrogen-bond donors (Lipinski definition) is 0. The fourth-order valence-corrected chi connectivity index (χ4v) is 2.59. The number of carbonyl (C=O) groups excluding carboxylic acids is 1. The first-order chi connectivity index (χ1) is 11.8. The number of ether oxygens (including phenoxy) is 1. The lowest BCUT2D eigenvalue weighted by molar-refractivity contribution is -0.135. The van der Waals surface area contributed by atoms with Crippen LogP contribution in [0.4, 0.5) is 0 Å². The second-order valence-electron chi connectivity index (χ2n) is 6.43. The molecule has 0 aromatic carbocycles. The first-order valence-corrected chi connectivity index (χ1v) is 9.93.